The lowest BCUT2D eigenvalue weighted by Crippen LogP contribution is -2.03. The molecule has 0 aliphatic heterocycles. The van der Waals surface area contributed by atoms with Crippen molar-refractivity contribution in [3.8, 4) is 0 Å². The minimum atomic E-state index is -1.03. The average Bonchev–Trinajstić information content (AvgIpc) is 2.25. The zero-order chi connectivity index (χ0) is 13.0. The first kappa shape index (κ1) is 14.0. The van der Waals surface area contributed by atoms with Gasteiger partial charge in [-0.25, -0.2) is 4.79 Å². The maximum Gasteiger partial charge on any atom is 0.328 e. The van der Waals surface area contributed by atoms with Crippen molar-refractivity contribution in [3.63, 3.8) is 0 Å². The molecule has 3 nitrogen and oxygen atoms in total. The molecule has 0 saturated carbocycles. The van der Waals surface area contributed by atoms with Gasteiger partial charge < -0.3 is 5.11 Å². The van der Waals surface area contributed by atoms with Crippen LogP contribution in [0, 0.1) is 0 Å². The number of benzene rings is 1. The zero-order valence-corrected chi connectivity index (χ0v) is 11.5. The van der Waals surface area contributed by atoms with Gasteiger partial charge in [-0.15, -0.1) is 12.6 Å². The molecule has 0 aliphatic carbocycles. The van der Waals surface area contributed by atoms with Crippen LogP contribution in [0.2, 0.25) is 0 Å². The predicted molar refractivity (Wildman–Crippen MR) is 72.7 cm³/mol. The molecular formula is C12H11BrO3S. The number of carbonyl (C=O) groups excluding carboxylic acids is 1. The second-order valence-corrected chi connectivity index (χ2v) is 4.89. The fourth-order valence-corrected chi connectivity index (χ4v) is 1.95. The first-order valence-corrected chi connectivity index (χ1v) is 6.16. The van der Waals surface area contributed by atoms with Gasteiger partial charge in [-0.3, -0.25) is 4.79 Å². The van der Waals surface area contributed by atoms with E-state index in [0.29, 0.717) is 10.5 Å². The number of ketones is 1. The van der Waals surface area contributed by atoms with Crippen LogP contribution >= 0.6 is 28.6 Å². The van der Waals surface area contributed by atoms with Crippen LogP contribution in [0.5, 0.6) is 0 Å². The second kappa shape index (κ2) is 6.02. The summed E-state index contributed by atoms with van der Waals surface area (Å²) >= 11 is 7.46. The van der Waals surface area contributed by atoms with Crippen LogP contribution < -0.4 is 0 Å². The monoisotopic (exact) mass is 314 g/mol. The Morgan fingerprint density at radius 3 is 2.65 bits per heavy atom. The Labute approximate surface area is 113 Å². The lowest BCUT2D eigenvalue weighted by Gasteiger charge is -2.10. The van der Waals surface area contributed by atoms with Gasteiger partial charge >= 0.3 is 5.97 Å². The quantitative estimate of drug-likeness (QED) is 0.510. The van der Waals surface area contributed by atoms with E-state index in [1.165, 1.54) is 13.0 Å². The Kier molecular flexibility index (Phi) is 4.96. The second-order valence-electron chi connectivity index (χ2n) is 3.46. The molecular weight excluding hydrogens is 304 g/mol. The molecule has 5 heteroatoms. The van der Waals surface area contributed by atoms with Crippen LogP contribution in [0.1, 0.15) is 22.9 Å². The van der Waals surface area contributed by atoms with Crippen molar-refractivity contribution in [3.05, 3.63) is 35.4 Å². The van der Waals surface area contributed by atoms with Gasteiger partial charge in [0.05, 0.1) is 4.83 Å². The van der Waals surface area contributed by atoms with Crippen LogP contribution in [-0.4, -0.2) is 16.9 Å². The molecule has 0 heterocycles. The Hall–Kier alpha value is -1.07. The number of aliphatic carboxylic acids is 1. The Morgan fingerprint density at radius 1 is 1.47 bits per heavy atom. The third kappa shape index (κ3) is 4.02. The van der Waals surface area contributed by atoms with Crippen LogP contribution in [0.25, 0.3) is 6.08 Å². The molecule has 1 aromatic rings. The molecule has 0 spiro atoms. The van der Waals surface area contributed by atoms with Crippen LogP contribution in [0.3, 0.4) is 0 Å². The molecule has 0 amide bonds. The van der Waals surface area contributed by atoms with Gasteiger partial charge in [0.15, 0.2) is 0 Å². The number of hydrogen-bond acceptors (Lipinski definition) is 3. The topological polar surface area (TPSA) is 54.4 Å². The first-order chi connectivity index (χ1) is 7.91. The summed E-state index contributed by atoms with van der Waals surface area (Å²) in [7, 11) is 0. The standard InChI is InChI=1S/C12H11BrO3S/c1-7(14)12(13)10-4-3-9(17)6-8(10)2-5-11(15)16/h2-6,12,17H,1H3,(H,15,16). The van der Waals surface area contributed by atoms with E-state index in [-0.39, 0.29) is 5.78 Å². The van der Waals surface area contributed by atoms with Crippen molar-refractivity contribution >= 4 is 46.4 Å². The summed E-state index contributed by atoms with van der Waals surface area (Å²) in [5, 5.41) is 8.60. The van der Waals surface area contributed by atoms with Crippen molar-refractivity contribution < 1.29 is 14.7 Å². The SMILES string of the molecule is CC(=O)C(Br)c1ccc(S)cc1C=CC(=O)O. The number of thiol groups is 1. The highest BCUT2D eigenvalue weighted by Gasteiger charge is 2.15. The number of alkyl halides is 1. The number of rotatable bonds is 4. The molecule has 1 rings (SSSR count). The minimum Gasteiger partial charge on any atom is -0.478 e. The molecule has 0 radical (unpaired) electrons. The molecule has 17 heavy (non-hydrogen) atoms. The summed E-state index contributed by atoms with van der Waals surface area (Å²) in [6.07, 6.45) is 2.49. The van der Waals surface area contributed by atoms with E-state index in [9.17, 15) is 9.59 Å². The maximum atomic E-state index is 11.3. The maximum absolute atomic E-state index is 11.3. The fourth-order valence-electron chi connectivity index (χ4n) is 1.32. The van der Waals surface area contributed by atoms with Crippen LogP contribution in [0.15, 0.2) is 29.2 Å². The van der Waals surface area contributed by atoms with Crippen molar-refractivity contribution in [2.45, 2.75) is 16.6 Å². The van der Waals surface area contributed by atoms with E-state index in [1.54, 1.807) is 18.2 Å². The lowest BCUT2D eigenvalue weighted by atomic mass is 10.0. The van der Waals surface area contributed by atoms with Gasteiger partial charge in [0.2, 0.25) is 0 Å². The van der Waals surface area contributed by atoms with E-state index < -0.39 is 10.8 Å². The number of carbonyl (C=O) groups is 2. The van der Waals surface area contributed by atoms with Gasteiger partial charge in [0.25, 0.3) is 0 Å². The molecule has 0 aromatic heterocycles. The average molecular weight is 315 g/mol. The van der Waals surface area contributed by atoms with Crippen LogP contribution in [0.4, 0.5) is 0 Å². The van der Waals surface area contributed by atoms with Crippen molar-refractivity contribution in [2.75, 3.05) is 0 Å². The zero-order valence-electron chi connectivity index (χ0n) is 9.05. The molecule has 0 bridgehead atoms. The molecule has 1 N–H and O–H groups in total. The van der Waals surface area contributed by atoms with E-state index in [4.69, 9.17) is 5.11 Å². The summed E-state index contributed by atoms with van der Waals surface area (Å²) in [5.41, 5.74) is 1.39. The van der Waals surface area contributed by atoms with Crippen molar-refractivity contribution in [2.24, 2.45) is 0 Å². The summed E-state index contributed by atoms with van der Waals surface area (Å²) < 4.78 is 0. The van der Waals surface area contributed by atoms with Gasteiger partial charge in [0.1, 0.15) is 5.78 Å². The lowest BCUT2D eigenvalue weighted by molar-refractivity contribution is -0.131. The third-order valence-corrected chi connectivity index (χ3v) is 3.52. The fraction of sp³-hybridized carbons (Fsp3) is 0.167. The number of halogens is 1. The largest absolute Gasteiger partial charge is 0.478 e. The summed E-state index contributed by atoms with van der Waals surface area (Å²) in [5.74, 6) is -1.07. The summed E-state index contributed by atoms with van der Waals surface area (Å²) in [6.45, 7) is 1.47. The highest BCUT2D eigenvalue weighted by molar-refractivity contribution is 9.09. The Morgan fingerprint density at radius 2 is 2.12 bits per heavy atom. The predicted octanol–water partition coefficient (Wildman–Crippen LogP) is 3.10. The van der Waals surface area contributed by atoms with Gasteiger partial charge in [-0.05, 0) is 36.3 Å². The highest BCUT2D eigenvalue weighted by Crippen LogP contribution is 2.29. The summed E-state index contributed by atoms with van der Waals surface area (Å²) in [6, 6.07) is 5.23. The number of hydrogen-bond donors (Lipinski definition) is 2. The summed E-state index contributed by atoms with van der Waals surface area (Å²) in [4.78, 5) is 22.1. The smallest absolute Gasteiger partial charge is 0.328 e. The number of Topliss-reactive ketones (excluding diaryl/α,β-unsaturated/α-hetero) is 1. The van der Waals surface area contributed by atoms with Crippen molar-refractivity contribution in [1.29, 1.82) is 0 Å². The highest BCUT2D eigenvalue weighted by atomic mass is 79.9. The van der Waals surface area contributed by atoms with E-state index in [2.05, 4.69) is 28.6 Å². The van der Waals surface area contributed by atoms with E-state index >= 15 is 0 Å². The van der Waals surface area contributed by atoms with Crippen LogP contribution in [-0.2, 0) is 9.59 Å². The molecule has 0 saturated heterocycles. The van der Waals surface area contributed by atoms with Gasteiger partial charge in [0, 0.05) is 11.0 Å². The van der Waals surface area contributed by atoms with E-state index in [0.717, 1.165) is 11.6 Å². The van der Waals surface area contributed by atoms with E-state index in [1.807, 2.05) is 0 Å². The first-order valence-electron chi connectivity index (χ1n) is 4.80. The molecule has 0 fully saturated rings. The third-order valence-electron chi connectivity index (χ3n) is 2.11. The van der Waals surface area contributed by atoms with Crippen molar-refractivity contribution in [1.82, 2.24) is 0 Å². The minimum absolute atomic E-state index is 0.0399. The Balaban J connectivity index is 3.21. The normalized spacial score (nSPS) is 12.6. The number of carboxylic acids is 1. The molecule has 0 aliphatic rings. The van der Waals surface area contributed by atoms with Gasteiger partial charge in [-0.2, -0.15) is 0 Å². The number of carboxylic acid groups (broad SMARTS) is 1. The van der Waals surface area contributed by atoms with Gasteiger partial charge in [-0.1, -0.05) is 22.0 Å². The molecule has 1 atom stereocenters. The molecule has 1 unspecified atom stereocenters. The Bertz CT molecular complexity index is 483. The molecule has 1 aromatic carbocycles. The molecule has 90 valence electrons.